The minimum absolute atomic E-state index is 0.0958. The molecule has 0 unspecified atom stereocenters. The summed E-state index contributed by atoms with van der Waals surface area (Å²) in [6, 6.07) is 17.8. The van der Waals surface area contributed by atoms with Crippen molar-refractivity contribution >= 4 is 11.7 Å². The van der Waals surface area contributed by atoms with Crippen LogP contribution in [0.1, 0.15) is 17.7 Å². The van der Waals surface area contributed by atoms with Gasteiger partial charge in [-0.2, -0.15) is 5.10 Å². The van der Waals surface area contributed by atoms with Crippen LogP contribution in [0.2, 0.25) is 0 Å². The maximum absolute atomic E-state index is 13.5. The van der Waals surface area contributed by atoms with Crippen LogP contribution in [0.3, 0.4) is 0 Å². The highest BCUT2D eigenvalue weighted by Gasteiger charge is 2.10. The van der Waals surface area contributed by atoms with E-state index in [1.54, 1.807) is 16.8 Å². The van der Waals surface area contributed by atoms with E-state index in [4.69, 9.17) is 4.74 Å². The monoisotopic (exact) mass is 353 g/mol. The van der Waals surface area contributed by atoms with Crippen LogP contribution in [-0.4, -0.2) is 22.3 Å². The van der Waals surface area contributed by atoms with E-state index in [0.717, 1.165) is 11.3 Å². The average Bonchev–Trinajstić information content (AvgIpc) is 2.96. The van der Waals surface area contributed by atoms with E-state index >= 15 is 0 Å². The molecule has 5 nitrogen and oxygen atoms in total. The number of nitrogens with one attached hydrogen (secondary N) is 1. The number of hydrogen-bond acceptors (Lipinski definition) is 3. The van der Waals surface area contributed by atoms with Gasteiger partial charge in [0.1, 0.15) is 5.82 Å². The Morgan fingerprint density at radius 1 is 1.15 bits per heavy atom. The molecule has 0 saturated heterocycles. The fourth-order valence-corrected chi connectivity index (χ4v) is 2.54. The van der Waals surface area contributed by atoms with Gasteiger partial charge < -0.3 is 10.1 Å². The van der Waals surface area contributed by atoms with E-state index in [1.165, 1.54) is 12.1 Å². The zero-order valence-electron chi connectivity index (χ0n) is 14.5. The van der Waals surface area contributed by atoms with Crippen molar-refractivity contribution in [3.05, 3.63) is 77.7 Å². The van der Waals surface area contributed by atoms with Crippen molar-refractivity contribution in [2.24, 2.45) is 0 Å². The summed E-state index contributed by atoms with van der Waals surface area (Å²) in [6.07, 6.45) is 0.115. The van der Waals surface area contributed by atoms with Gasteiger partial charge in [0.05, 0.1) is 25.3 Å². The van der Waals surface area contributed by atoms with Gasteiger partial charge in [-0.25, -0.2) is 9.07 Å². The molecule has 1 aromatic heterocycles. The Bertz CT molecular complexity index is 878. The first kappa shape index (κ1) is 17.7. The van der Waals surface area contributed by atoms with Crippen molar-refractivity contribution in [2.45, 2.75) is 19.9 Å². The summed E-state index contributed by atoms with van der Waals surface area (Å²) in [4.78, 5) is 12.2. The number of amides is 1. The van der Waals surface area contributed by atoms with E-state index in [-0.39, 0.29) is 24.7 Å². The predicted octanol–water partition coefficient (Wildman–Crippen LogP) is 3.79. The number of carbonyl (C=O) groups is 1. The van der Waals surface area contributed by atoms with Gasteiger partial charge in [-0.3, -0.25) is 4.79 Å². The third-order valence-corrected chi connectivity index (χ3v) is 3.77. The number of ether oxygens (including phenoxy) is 1. The Hall–Kier alpha value is -3.15. The van der Waals surface area contributed by atoms with Crippen LogP contribution in [-0.2, 0) is 11.3 Å². The maximum atomic E-state index is 13.5. The first-order chi connectivity index (χ1) is 12.6. The first-order valence-corrected chi connectivity index (χ1v) is 8.37. The topological polar surface area (TPSA) is 56.1 Å². The molecule has 0 spiro atoms. The lowest BCUT2D eigenvalue weighted by Crippen LogP contribution is -2.18. The van der Waals surface area contributed by atoms with Gasteiger partial charge >= 0.3 is 0 Å². The normalized spacial score (nSPS) is 10.5. The second-order valence-electron chi connectivity index (χ2n) is 5.89. The molecular formula is C20H20FN3O2. The molecule has 0 aliphatic rings. The quantitative estimate of drug-likeness (QED) is 0.703. The van der Waals surface area contributed by atoms with Crippen LogP contribution in [0.25, 0.3) is 0 Å². The van der Waals surface area contributed by atoms with Crippen molar-refractivity contribution in [3.8, 4) is 5.75 Å². The fraction of sp³-hybridized carbons (Fsp3) is 0.200. The molecule has 0 aliphatic heterocycles. The van der Waals surface area contributed by atoms with Crippen LogP contribution >= 0.6 is 0 Å². The van der Waals surface area contributed by atoms with Gasteiger partial charge in [0, 0.05) is 6.07 Å². The molecule has 0 fully saturated rings. The van der Waals surface area contributed by atoms with Gasteiger partial charge in [-0.15, -0.1) is 0 Å². The van der Waals surface area contributed by atoms with Crippen LogP contribution < -0.4 is 10.1 Å². The van der Waals surface area contributed by atoms with Gasteiger partial charge in [0.15, 0.2) is 11.6 Å². The lowest BCUT2D eigenvalue weighted by Gasteiger charge is -2.10. The van der Waals surface area contributed by atoms with Gasteiger partial charge in [0.2, 0.25) is 5.91 Å². The van der Waals surface area contributed by atoms with Crippen LogP contribution in [0.15, 0.2) is 60.7 Å². The summed E-state index contributed by atoms with van der Waals surface area (Å²) in [5.74, 6) is 0.118. The molecule has 134 valence electrons. The lowest BCUT2D eigenvalue weighted by atomic mass is 10.2. The van der Waals surface area contributed by atoms with E-state index < -0.39 is 5.82 Å². The Morgan fingerprint density at radius 2 is 1.88 bits per heavy atom. The maximum Gasteiger partial charge on any atom is 0.228 e. The van der Waals surface area contributed by atoms with Crippen molar-refractivity contribution in [1.29, 1.82) is 0 Å². The molecule has 1 N–H and O–H groups in total. The van der Waals surface area contributed by atoms with Crippen molar-refractivity contribution in [2.75, 3.05) is 11.9 Å². The third-order valence-electron chi connectivity index (χ3n) is 3.77. The molecule has 3 aromatic rings. The molecule has 0 atom stereocenters. The number of nitrogens with zero attached hydrogens (tertiary/aromatic N) is 2. The Morgan fingerprint density at radius 3 is 2.65 bits per heavy atom. The van der Waals surface area contributed by atoms with Crippen LogP contribution in [0.5, 0.6) is 5.75 Å². The van der Waals surface area contributed by atoms with Gasteiger partial charge in [-0.05, 0) is 24.6 Å². The summed E-state index contributed by atoms with van der Waals surface area (Å²) in [7, 11) is 0. The van der Waals surface area contributed by atoms with Crippen LogP contribution in [0.4, 0.5) is 10.2 Å². The van der Waals surface area contributed by atoms with Gasteiger partial charge in [0.25, 0.3) is 0 Å². The fourth-order valence-electron chi connectivity index (χ4n) is 2.54. The van der Waals surface area contributed by atoms with Crippen molar-refractivity contribution < 1.29 is 13.9 Å². The van der Waals surface area contributed by atoms with E-state index in [2.05, 4.69) is 10.4 Å². The van der Waals surface area contributed by atoms with E-state index in [9.17, 15) is 9.18 Å². The molecule has 26 heavy (non-hydrogen) atoms. The molecular weight excluding hydrogens is 333 g/mol. The zero-order valence-corrected chi connectivity index (χ0v) is 14.5. The second kappa shape index (κ2) is 8.29. The molecule has 2 aromatic carbocycles. The standard InChI is InChI=1S/C20H20FN3O2/c1-15-13-19(24(23-15)14-16-7-3-2-4-8-16)22-20(25)11-12-26-18-10-6-5-9-17(18)21/h2-10,13H,11-12,14H2,1H3,(H,22,25). The highest BCUT2D eigenvalue weighted by molar-refractivity contribution is 5.90. The Kier molecular flexibility index (Phi) is 5.63. The summed E-state index contributed by atoms with van der Waals surface area (Å²) in [5.41, 5.74) is 1.91. The molecule has 0 bridgehead atoms. The number of carbonyl (C=O) groups excluding carboxylic acids is 1. The third kappa shape index (κ3) is 4.69. The molecule has 6 heteroatoms. The number of aryl methyl sites for hydroxylation is 1. The van der Waals surface area contributed by atoms with E-state index in [1.807, 2.05) is 43.3 Å². The summed E-state index contributed by atoms with van der Waals surface area (Å²) < 4.78 is 20.6. The SMILES string of the molecule is Cc1cc(NC(=O)CCOc2ccccc2F)n(Cc2ccccc2)n1. The number of rotatable bonds is 7. The molecule has 0 aliphatic carbocycles. The molecule has 1 amide bonds. The minimum atomic E-state index is -0.440. The number of anilines is 1. The minimum Gasteiger partial charge on any atom is -0.490 e. The summed E-state index contributed by atoms with van der Waals surface area (Å²) >= 11 is 0. The number of aromatic nitrogens is 2. The van der Waals surface area contributed by atoms with Crippen molar-refractivity contribution in [3.63, 3.8) is 0 Å². The summed E-state index contributed by atoms with van der Waals surface area (Å²) in [5, 5.41) is 7.26. The predicted molar refractivity (Wildman–Crippen MR) is 97.6 cm³/mol. The Balaban J connectivity index is 1.56. The zero-order chi connectivity index (χ0) is 18.4. The number of benzene rings is 2. The number of halogens is 1. The smallest absolute Gasteiger partial charge is 0.228 e. The molecule has 3 rings (SSSR count). The second-order valence-corrected chi connectivity index (χ2v) is 5.89. The lowest BCUT2D eigenvalue weighted by molar-refractivity contribution is -0.116. The first-order valence-electron chi connectivity index (χ1n) is 8.37. The molecule has 0 radical (unpaired) electrons. The summed E-state index contributed by atoms with van der Waals surface area (Å²) in [6.45, 7) is 2.53. The van der Waals surface area contributed by atoms with Crippen molar-refractivity contribution in [1.82, 2.24) is 9.78 Å². The highest BCUT2D eigenvalue weighted by atomic mass is 19.1. The largest absolute Gasteiger partial charge is 0.490 e. The molecule has 0 saturated carbocycles. The Labute approximate surface area is 151 Å². The number of hydrogen-bond donors (Lipinski definition) is 1. The number of para-hydroxylation sites is 1. The van der Waals surface area contributed by atoms with E-state index in [0.29, 0.717) is 12.4 Å². The highest BCUT2D eigenvalue weighted by Crippen LogP contribution is 2.16. The average molecular weight is 353 g/mol. The van der Waals surface area contributed by atoms with Gasteiger partial charge in [-0.1, -0.05) is 42.5 Å². The van der Waals surface area contributed by atoms with Crippen LogP contribution in [0, 0.1) is 12.7 Å². The molecule has 1 heterocycles.